The predicted molar refractivity (Wildman–Crippen MR) is 92.0 cm³/mol. The number of carbonyl (C=O) groups is 2. The molecule has 2 aromatic carbocycles. The summed E-state index contributed by atoms with van der Waals surface area (Å²) in [5.74, 6) is -0.295. The Morgan fingerprint density at radius 1 is 1.32 bits per heavy atom. The number of hydrogen-bond acceptors (Lipinski definition) is 3. The van der Waals surface area contributed by atoms with Crippen LogP contribution in [0, 0.1) is 6.92 Å². The van der Waals surface area contributed by atoms with Gasteiger partial charge >= 0.3 is 12.0 Å². The van der Waals surface area contributed by atoms with Crippen molar-refractivity contribution in [2.75, 3.05) is 4.90 Å². The molecule has 0 aliphatic carbocycles. The number of aromatic carboxylic acids is 1. The van der Waals surface area contributed by atoms with Crippen LogP contribution in [0.15, 0.2) is 42.5 Å². The van der Waals surface area contributed by atoms with Crippen LogP contribution >= 0.6 is 0 Å². The van der Waals surface area contributed by atoms with Gasteiger partial charge in [0.05, 0.1) is 17.3 Å². The number of fused-ring (bicyclic) bond motifs is 4. The second-order valence-corrected chi connectivity index (χ2v) is 6.72. The van der Waals surface area contributed by atoms with Crippen LogP contribution < -0.4 is 15.0 Å². The molecule has 0 spiro atoms. The highest BCUT2D eigenvalue weighted by atomic mass is 16.5. The quantitative estimate of drug-likeness (QED) is 0.879. The molecule has 2 heterocycles. The van der Waals surface area contributed by atoms with Crippen LogP contribution in [0.4, 0.5) is 10.5 Å². The monoisotopic (exact) mass is 338 g/mol. The van der Waals surface area contributed by atoms with E-state index in [-0.39, 0.29) is 17.6 Å². The number of ether oxygens (including phenoxy) is 1. The zero-order valence-electron chi connectivity index (χ0n) is 13.9. The van der Waals surface area contributed by atoms with E-state index in [0.29, 0.717) is 12.1 Å². The van der Waals surface area contributed by atoms with E-state index in [1.807, 2.05) is 32.0 Å². The van der Waals surface area contributed by atoms with E-state index in [9.17, 15) is 14.7 Å². The molecule has 0 saturated carbocycles. The standard InChI is InChI=1S/C19H18N2O4/c1-11-6-7-16-14(8-11)15-10-19(2,25-16)21(18(24)20-15)13-5-3-4-12(9-13)17(22)23/h3-9,15H,10H2,1-2H3,(H,20,24)(H,22,23)/t15-,19-/m0/s1. The molecule has 2 N–H and O–H groups in total. The van der Waals surface area contributed by atoms with Crippen LogP contribution in [0.3, 0.4) is 0 Å². The van der Waals surface area contributed by atoms with Crippen molar-refractivity contribution in [3.63, 3.8) is 0 Å². The third-order valence-corrected chi connectivity index (χ3v) is 4.78. The second-order valence-electron chi connectivity index (χ2n) is 6.72. The zero-order valence-corrected chi connectivity index (χ0v) is 13.9. The van der Waals surface area contributed by atoms with Crippen molar-refractivity contribution in [1.82, 2.24) is 5.32 Å². The van der Waals surface area contributed by atoms with Crippen molar-refractivity contribution in [3.05, 3.63) is 59.2 Å². The minimum absolute atomic E-state index is 0.125. The first-order valence-electron chi connectivity index (χ1n) is 8.11. The molecule has 2 aliphatic rings. The van der Waals surface area contributed by atoms with Crippen molar-refractivity contribution in [1.29, 1.82) is 0 Å². The first-order valence-corrected chi connectivity index (χ1v) is 8.11. The molecule has 25 heavy (non-hydrogen) atoms. The van der Waals surface area contributed by atoms with Gasteiger partial charge in [0.2, 0.25) is 0 Å². The first kappa shape index (κ1) is 15.5. The summed E-state index contributed by atoms with van der Waals surface area (Å²) in [7, 11) is 0. The van der Waals surface area contributed by atoms with E-state index in [2.05, 4.69) is 5.32 Å². The van der Waals surface area contributed by atoms with E-state index in [4.69, 9.17) is 4.74 Å². The average molecular weight is 338 g/mol. The molecule has 2 aliphatic heterocycles. The number of urea groups is 1. The number of carboxylic acid groups (broad SMARTS) is 1. The minimum Gasteiger partial charge on any atom is -0.478 e. The lowest BCUT2D eigenvalue weighted by Crippen LogP contribution is -2.65. The van der Waals surface area contributed by atoms with Crippen LogP contribution in [0.5, 0.6) is 5.75 Å². The van der Waals surface area contributed by atoms with Gasteiger partial charge in [0.15, 0.2) is 5.72 Å². The van der Waals surface area contributed by atoms with Crippen LogP contribution in [-0.4, -0.2) is 22.8 Å². The summed E-state index contributed by atoms with van der Waals surface area (Å²) in [5, 5.41) is 12.2. The number of rotatable bonds is 2. The van der Waals surface area contributed by atoms with Gasteiger partial charge < -0.3 is 15.2 Å². The predicted octanol–water partition coefficient (Wildman–Crippen LogP) is 3.46. The molecule has 4 rings (SSSR count). The van der Waals surface area contributed by atoms with Crippen LogP contribution in [0.25, 0.3) is 0 Å². The molecule has 0 radical (unpaired) electrons. The summed E-state index contributed by atoms with van der Waals surface area (Å²) in [6, 6.07) is 11.8. The number of amides is 2. The minimum atomic E-state index is -1.03. The van der Waals surface area contributed by atoms with Crippen molar-refractivity contribution < 1.29 is 19.4 Å². The molecule has 2 atom stereocenters. The Hall–Kier alpha value is -3.02. The number of carbonyl (C=O) groups excluding carboxylic acids is 1. The topological polar surface area (TPSA) is 78.9 Å². The summed E-state index contributed by atoms with van der Waals surface area (Å²) in [4.78, 5) is 25.5. The zero-order chi connectivity index (χ0) is 17.8. The third kappa shape index (κ3) is 2.41. The maximum absolute atomic E-state index is 12.8. The molecule has 0 unspecified atom stereocenters. The highest BCUT2D eigenvalue weighted by molar-refractivity contribution is 5.97. The van der Waals surface area contributed by atoms with Gasteiger partial charge in [0, 0.05) is 12.0 Å². The van der Waals surface area contributed by atoms with Crippen LogP contribution in [-0.2, 0) is 0 Å². The molecule has 0 aromatic heterocycles. The van der Waals surface area contributed by atoms with Gasteiger partial charge in [-0.1, -0.05) is 23.8 Å². The Balaban J connectivity index is 1.79. The van der Waals surface area contributed by atoms with Crippen LogP contribution in [0.1, 0.15) is 40.9 Å². The van der Waals surface area contributed by atoms with E-state index >= 15 is 0 Å². The number of nitrogens with zero attached hydrogens (tertiary/aromatic N) is 1. The lowest BCUT2D eigenvalue weighted by Gasteiger charge is -2.50. The Morgan fingerprint density at radius 3 is 2.88 bits per heavy atom. The molecule has 128 valence electrons. The summed E-state index contributed by atoms with van der Waals surface area (Å²) in [6.45, 7) is 3.86. The Bertz CT molecular complexity index is 895. The maximum atomic E-state index is 12.8. The SMILES string of the molecule is Cc1ccc2c(c1)[C@@H]1C[C@](C)(O2)N(c2cccc(C(=O)O)c2)C(=O)N1. The van der Waals surface area contributed by atoms with Gasteiger partial charge in [-0.3, -0.25) is 4.90 Å². The molecule has 2 amide bonds. The molecule has 2 aromatic rings. The molecule has 6 nitrogen and oxygen atoms in total. The molecular formula is C19H18N2O4. The largest absolute Gasteiger partial charge is 0.478 e. The normalized spacial score (nSPS) is 24.2. The fourth-order valence-corrected chi connectivity index (χ4v) is 3.66. The molecular weight excluding hydrogens is 320 g/mol. The Labute approximate surface area is 145 Å². The number of hydrogen-bond donors (Lipinski definition) is 2. The highest BCUT2D eigenvalue weighted by Gasteiger charge is 2.49. The van der Waals surface area contributed by atoms with Gasteiger partial charge in [-0.05, 0) is 38.1 Å². The van der Waals surface area contributed by atoms with Gasteiger partial charge in [-0.15, -0.1) is 0 Å². The number of carboxylic acids is 1. The van der Waals surface area contributed by atoms with Crippen molar-refractivity contribution >= 4 is 17.7 Å². The van der Waals surface area contributed by atoms with Gasteiger partial charge in [-0.25, -0.2) is 9.59 Å². The summed E-state index contributed by atoms with van der Waals surface area (Å²) in [6.07, 6.45) is 0.576. The van der Waals surface area contributed by atoms with Gasteiger partial charge in [-0.2, -0.15) is 0 Å². The molecule has 1 saturated heterocycles. The molecule has 2 bridgehead atoms. The fourth-order valence-electron chi connectivity index (χ4n) is 3.66. The molecule has 1 fully saturated rings. The summed E-state index contributed by atoms with van der Waals surface area (Å²) in [5.41, 5.74) is 1.82. The smallest absolute Gasteiger partial charge is 0.335 e. The summed E-state index contributed by atoms with van der Waals surface area (Å²) >= 11 is 0. The van der Waals surface area contributed by atoms with Crippen molar-refractivity contribution in [3.8, 4) is 5.75 Å². The first-order chi connectivity index (χ1) is 11.9. The van der Waals surface area contributed by atoms with Crippen LogP contribution in [0.2, 0.25) is 0 Å². The van der Waals surface area contributed by atoms with E-state index < -0.39 is 11.7 Å². The average Bonchev–Trinajstić information content (AvgIpc) is 2.55. The van der Waals surface area contributed by atoms with Crippen molar-refractivity contribution in [2.45, 2.75) is 32.0 Å². The Kier molecular flexibility index (Phi) is 3.25. The Morgan fingerprint density at radius 2 is 2.12 bits per heavy atom. The fraction of sp³-hybridized carbons (Fsp3) is 0.263. The number of aryl methyl sites for hydroxylation is 1. The van der Waals surface area contributed by atoms with E-state index in [0.717, 1.165) is 16.9 Å². The van der Waals surface area contributed by atoms with E-state index in [1.165, 1.54) is 17.0 Å². The van der Waals surface area contributed by atoms with Gasteiger partial charge in [0.1, 0.15) is 5.75 Å². The lowest BCUT2D eigenvalue weighted by atomic mass is 9.89. The van der Waals surface area contributed by atoms with E-state index in [1.54, 1.807) is 12.1 Å². The maximum Gasteiger partial charge on any atom is 0.335 e. The molecule has 6 heteroatoms. The van der Waals surface area contributed by atoms with Crippen molar-refractivity contribution in [2.24, 2.45) is 0 Å². The number of nitrogens with one attached hydrogen (secondary N) is 1. The highest BCUT2D eigenvalue weighted by Crippen LogP contribution is 2.45. The third-order valence-electron chi connectivity index (χ3n) is 4.78. The number of benzene rings is 2. The summed E-state index contributed by atoms with van der Waals surface area (Å²) < 4.78 is 6.20. The number of anilines is 1. The van der Waals surface area contributed by atoms with Gasteiger partial charge in [0.25, 0.3) is 0 Å². The second kappa shape index (κ2) is 5.24. The lowest BCUT2D eigenvalue weighted by molar-refractivity contribution is 0.0377.